The summed E-state index contributed by atoms with van der Waals surface area (Å²) in [5.41, 5.74) is 4.78. The minimum atomic E-state index is -0.626. The van der Waals surface area contributed by atoms with Gasteiger partial charge in [-0.1, -0.05) is 0 Å². The van der Waals surface area contributed by atoms with Crippen LogP contribution in [0.2, 0.25) is 0 Å². The Morgan fingerprint density at radius 3 is 2.58 bits per heavy atom. The molecule has 2 amide bonds. The molecule has 0 atom stereocenters. The van der Waals surface area contributed by atoms with Crippen LogP contribution < -0.4 is 11.1 Å². The number of nitrogens with two attached hydrogens (primary N) is 1. The lowest BCUT2D eigenvalue weighted by molar-refractivity contribution is -0.117. The fraction of sp³-hybridized carbons (Fsp3) is 0.429. The summed E-state index contributed by atoms with van der Waals surface area (Å²) in [4.78, 5) is 21.0. The largest absolute Gasteiger partial charge is 0.366 e. The molecule has 0 aromatic rings. The van der Waals surface area contributed by atoms with E-state index < -0.39 is 5.91 Å². The van der Waals surface area contributed by atoms with E-state index >= 15 is 0 Å². The summed E-state index contributed by atoms with van der Waals surface area (Å²) >= 11 is 3.96. The number of hydrogen-bond acceptors (Lipinski definition) is 3. The zero-order chi connectivity index (χ0) is 9.40. The van der Waals surface area contributed by atoms with Crippen LogP contribution >= 0.6 is 12.6 Å². The quantitative estimate of drug-likeness (QED) is 0.308. The number of carbonyl (C=O) groups is 2. The minimum absolute atomic E-state index is 0.310. The highest BCUT2D eigenvalue weighted by Gasteiger charge is 1.93. The van der Waals surface area contributed by atoms with Gasteiger partial charge in [0.05, 0.1) is 0 Å². The van der Waals surface area contributed by atoms with Crippen molar-refractivity contribution in [3.63, 3.8) is 0 Å². The summed E-state index contributed by atoms with van der Waals surface area (Å²) < 4.78 is 0. The van der Waals surface area contributed by atoms with E-state index in [-0.39, 0.29) is 5.91 Å². The number of amides is 2. The summed E-state index contributed by atoms with van der Waals surface area (Å²) in [7, 11) is 0. The molecule has 0 rings (SSSR count). The van der Waals surface area contributed by atoms with Gasteiger partial charge in [-0.15, -0.1) is 0 Å². The van der Waals surface area contributed by atoms with Crippen molar-refractivity contribution in [2.24, 2.45) is 5.73 Å². The molecule has 0 bridgehead atoms. The second-order valence-corrected chi connectivity index (χ2v) is 2.55. The molecule has 5 heteroatoms. The molecule has 4 nitrogen and oxygen atoms in total. The third kappa shape index (κ3) is 7.14. The van der Waals surface area contributed by atoms with Crippen LogP contribution in [-0.4, -0.2) is 24.1 Å². The maximum absolute atomic E-state index is 10.8. The number of thiol groups is 1. The lowest BCUT2D eigenvalue weighted by atomic mass is 10.4. The maximum Gasteiger partial charge on any atom is 0.244 e. The summed E-state index contributed by atoms with van der Waals surface area (Å²) in [5.74, 6) is -0.213. The first kappa shape index (κ1) is 11.0. The Bertz CT molecular complexity index is 192. The van der Waals surface area contributed by atoms with Gasteiger partial charge >= 0.3 is 0 Å². The van der Waals surface area contributed by atoms with Crippen molar-refractivity contribution in [2.75, 3.05) is 12.3 Å². The molecule has 0 aromatic heterocycles. The topological polar surface area (TPSA) is 72.2 Å². The fourth-order valence-corrected chi connectivity index (χ4v) is 0.666. The molecule has 3 N–H and O–H groups in total. The van der Waals surface area contributed by atoms with E-state index in [1.165, 1.54) is 0 Å². The van der Waals surface area contributed by atoms with Crippen molar-refractivity contribution >= 4 is 24.4 Å². The minimum Gasteiger partial charge on any atom is -0.366 e. The summed E-state index contributed by atoms with van der Waals surface area (Å²) in [6.07, 6.45) is 2.94. The lowest BCUT2D eigenvalue weighted by Crippen LogP contribution is -2.23. The molecule has 12 heavy (non-hydrogen) atoms. The number of nitrogens with one attached hydrogen (secondary N) is 1. The average molecular weight is 188 g/mol. The van der Waals surface area contributed by atoms with Gasteiger partial charge < -0.3 is 11.1 Å². The van der Waals surface area contributed by atoms with Crippen molar-refractivity contribution in [1.29, 1.82) is 0 Å². The smallest absolute Gasteiger partial charge is 0.244 e. The molecule has 0 saturated heterocycles. The first-order valence-corrected chi connectivity index (χ1v) is 4.16. The van der Waals surface area contributed by atoms with E-state index in [0.717, 1.165) is 24.3 Å². The van der Waals surface area contributed by atoms with Crippen molar-refractivity contribution in [3.05, 3.63) is 12.2 Å². The van der Waals surface area contributed by atoms with Crippen molar-refractivity contribution in [1.82, 2.24) is 5.32 Å². The number of rotatable bonds is 5. The third-order valence-corrected chi connectivity index (χ3v) is 1.35. The molecule has 0 aromatic carbocycles. The van der Waals surface area contributed by atoms with Gasteiger partial charge in [-0.05, 0) is 12.2 Å². The summed E-state index contributed by atoms with van der Waals surface area (Å²) in [5, 5.41) is 2.56. The van der Waals surface area contributed by atoms with E-state index in [2.05, 4.69) is 17.9 Å². The molecule has 0 aliphatic rings. The Kier molecular flexibility index (Phi) is 6.18. The molecule has 68 valence electrons. The molecule has 0 heterocycles. The molecule has 0 saturated carbocycles. The maximum atomic E-state index is 10.8. The van der Waals surface area contributed by atoms with Gasteiger partial charge in [0.2, 0.25) is 11.8 Å². The van der Waals surface area contributed by atoms with Gasteiger partial charge in [0, 0.05) is 18.7 Å². The van der Waals surface area contributed by atoms with E-state index in [4.69, 9.17) is 5.73 Å². The first-order chi connectivity index (χ1) is 5.66. The van der Waals surface area contributed by atoms with Crippen LogP contribution in [0.5, 0.6) is 0 Å². The van der Waals surface area contributed by atoms with Crippen LogP contribution in [0.3, 0.4) is 0 Å². The molecule has 0 unspecified atom stereocenters. The Morgan fingerprint density at radius 2 is 2.08 bits per heavy atom. The Morgan fingerprint density at radius 1 is 1.42 bits per heavy atom. The highest BCUT2D eigenvalue weighted by Crippen LogP contribution is 1.80. The summed E-state index contributed by atoms with van der Waals surface area (Å²) in [6, 6.07) is 0. The molecule has 0 fully saturated rings. The Hall–Kier alpha value is -0.970. The van der Waals surface area contributed by atoms with E-state index in [1.807, 2.05) is 0 Å². The first-order valence-electron chi connectivity index (χ1n) is 3.53. The zero-order valence-corrected chi connectivity index (χ0v) is 7.51. The number of carbonyl (C=O) groups excluding carboxylic acids is 2. The highest BCUT2D eigenvalue weighted by molar-refractivity contribution is 7.80. The standard InChI is InChI=1S/C7H12N2O2S/c8-6(10)2-3-7(11)9-4-1-5-12/h2-3,12H,1,4-5H2,(H2,8,10)(H,9,11)/b3-2+. The van der Waals surface area contributed by atoms with Crippen molar-refractivity contribution in [2.45, 2.75) is 6.42 Å². The van der Waals surface area contributed by atoms with Gasteiger partial charge in [-0.25, -0.2) is 0 Å². The third-order valence-electron chi connectivity index (χ3n) is 1.03. The van der Waals surface area contributed by atoms with Gasteiger partial charge in [-0.3, -0.25) is 9.59 Å². The van der Waals surface area contributed by atoms with Crippen LogP contribution in [0, 0.1) is 0 Å². The molecular weight excluding hydrogens is 176 g/mol. The van der Waals surface area contributed by atoms with Crippen molar-refractivity contribution < 1.29 is 9.59 Å². The second-order valence-electron chi connectivity index (χ2n) is 2.10. The van der Waals surface area contributed by atoms with Gasteiger partial charge in [0.1, 0.15) is 0 Å². The predicted molar refractivity (Wildman–Crippen MR) is 49.8 cm³/mol. The lowest BCUT2D eigenvalue weighted by Gasteiger charge is -1.97. The molecule has 0 aliphatic carbocycles. The molecule has 0 spiro atoms. The van der Waals surface area contributed by atoms with Crippen LogP contribution in [0.25, 0.3) is 0 Å². The van der Waals surface area contributed by atoms with Gasteiger partial charge in [0.25, 0.3) is 0 Å². The average Bonchev–Trinajstić information content (AvgIpc) is 2.01. The summed E-state index contributed by atoms with van der Waals surface area (Å²) in [6.45, 7) is 0.561. The second kappa shape index (κ2) is 6.72. The normalized spacial score (nSPS) is 10.1. The molecule has 0 aliphatic heterocycles. The monoisotopic (exact) mass is 188 g/mol. The van der Waals surface area contributed by atoms with E-state index in [0.29, 0.717) is 6.54 Å². The zero-order valence-electron chi connectivity index (χ0n) is 6.62. The van der Waals surface area contributed by atoms with Crippen molar-refractivity contribution in [3.8, 4) is 0 Å². The highest BCUT2D eigenvalue weighted by atomic mass is 32.1. The van der Waals surface area contributed by atoms with Crippen LogP contribution in [0.1, 0.15) is 6.42 Å². The van der Waals surface area contributed by atoms with E-state index in [9.17, 15) is 9.59 Å². The number of primary amides is 1. The van der Waals surface area contributed by atoms with Crippen LogP contribution in [-0.2, 0) is 9.59 Å². The van der Waals surface area contributed by atoms with Gasteiger partial charge in [-0.2, -0.15) is 12.6 Å². The SMILES string of the molecule is NC(=O)/C=C/C(=O)NCCCS. The van der Waals surface area contributed by atoms with Crippen LogP contribution in [0.4, 0.5) is 0 Å². The Balaban J connectivity index is 3.53. The molecular formula is C7H12N2O2S. The fourth-order valence-electron chi connectivity index (χ4n) is 0.507. The predicted octanol–water partition coefficient (Wildman–Crippen LogP) is -0.536. The van der Waals surface area contributed by atoms with Crippen LogP contribution in [0.15, 0.2) is 12.2 Å². The Labute approximate surface area is 76.6 Å². The molecule has 0 radical (unpaired) electrons. The van der Waals surface area contributed by atoms with Gasteiger partial charge in [0.15, 0.2) is 0 Å². The number of hydrogen-bond donors (Lipinski definition) is 3. The van der Waals surface area contributed by atoms with E-state index in [1.54, 1.807) is 0 Å².